The van der Waals surface area contributed by atoms with Gasteiger partial charge in [0.1, 0.15) is 0 Å². The zero-order valence-corrected chi connectivity index (χ0v) is 16.6. The minimum atomic E-state index is 0.671. The summed E-state index contributed by atoms with van der Waals surface area (Å²) in [5.74, 6) is 2.26. The molecular formula is C20H29N5O2. The van der Waals surface area contributed by atoms with Crippen LogP contribution in [0.25, 0.3) is 0 Å². The summed E-state index contributed by atoms with van der Waals surface area (Å²) < 4.78 is 13.4. The maximum atomic E-state index is 5.76. The van der Waals surface area contributed by atoms with Crippen LogP contribution in [0.2, 0.25) is 0 Å². The van der Waals surface area contributed by atoms with Gasteiger partial charge in [-0.3, -0.25) is 9.67 Å². The van der Waals surface area contributed by atoms with E-state index in [1.807, 2.05) is 29.9 Å². The molecule has 0 atom stereocenters. The maximum absolute atomic E-state index is 5.76. The molecule has 2 aromatic rings. The smallest absolute Gasteiger partial charge is 0.195 e. The number of aryl methyl sites for hydroxylation is 2. The van der Waals surface area contributed by atoms with Crippen molar-refractivity contribution in [3.8, 4) is 11.5 Å². The molecule has 7 nitrogen and oxygen atoms in total. The lowest BCUT2D eigenvalue weighted by Crippen LogP contribution is -2.30. The van der Waals surface area contributed by atoms with Crippen LogP contribution in [0.15, 0.2) is 23.2 Å². The summed E-state index contributed by atoms with van der Waals surface area (Å²) in [5.41, 5.74) is 4.55. The number of benzene rings is 1. The molecule has 0 radical (unpaired) electrons. The molecular weight excluding hydrogens is 342 g/mol. The van der Waals surface area contributed by atoms with E-state index in [1.165, 1.54) is 11.3 Å². The van der Waals surface area contributed by atoms with Gasteiger partial charge in [0.25, 0.3) is 0 Å². The summed E-state index contributed by atoms with van der Waals surface area (Å²) in [7, 11) is 3.77. The topological polar surface area (TPSA) is 72.7 Å². The molecule has 0 unspecified atom stereocenters. The van der Waals surface area contributed by atoms with Crippen LogP contribution in [-0.4, -0.2) is 36.0 Å². The number of anilines is 1. The van der Waals surface area contributed by atoms with Gasteiger partial charge in [-0.25, -0.2) is 0 Å². The fraction of sp³-hybridized carbons (Fsp3) is 0.500. The number of fused-ring (bicyclic) bond motifs is 1. The van der Waals surface area contributed by atoms with E-state index in [2.05, 4.69) is 34.6 Å². The molecule has 27 heavy (non-hydrogen) atoms. The minimum absolute atomic E-state index is 0.671. The highest BCUT2D eigenvalue weighted by atomic mass is 16.5. The summed E-state index contributed by atoms with van der Waals surface area (Å²) in [6, 6.07) is 5.85. The van der Waals surface area contributed by atoms with Crippen molar-refractivity contribution in [2.75, 3.05) is 25.6 Å². The Bertz CT molecular complexity index is 813. The molecule has 2 heterocycles. The standard InChI is InChI=1S/C20H29N5O2/c1-5-16-15(17(6-2)25(4)24-16)13-22-20(21-3)23-14-8-9-18-19(12-14)27-11-7-10-26-18/h8-9,12H,5-7,10-11,13H2,1-4H3,(H2,21,22,23). The number of guanidine groups is 1. The fourth-order valence-electron chi connectivity index (χ4n) is 3.32. The van der Waals surface area contributed by atoms with Gasteiger partial charge in [-0.05, 0) is 25.0 Å². The summed E-state index contributed by atoms with van der Waals surface area (Å²) in [4.78, 5) is 4.34. The third kappa shape index (κ3) is 4.35. The molecule has 0 saturated heterocycles. The monoisotopic (exact) mass is 371 g/mol. The van der Waals surface area contributed by atoms with Crippen molar-refractivity contribution in [3.05, 3.63) is 35.2 Å². The summed E-state index contributed by atoms with van der Waals surface area (Å²) in [5, 5.41) is 11.4. The second-order valence-corrected chi connectivity index (χ2v) is 6.47. The molecule has 1 aromatic carbocycles. The molecule has 7 heteroatoms. The lowest BCUT2D eigenvalue weighted by molar-refractivity contribution is 0.297. The average Bonchev–Trinajstić information content (AvgIpc) is 2.83. The Morgan fingerprint density at radius 2 is 1.96 bits per heavy atom. The number of aliphatic imine (C=N–C) groups is 1. The van der Waals surface area contributed by atoms with E-state index in [0.717, 1.165) is 42.1 Å². The van der Waals surface area contributed by atoms with E-state index < -0.39 is 0 Å². The highest BCUT2D eigenvalue weighted by molar-refractivity contribution is 5.93. The third-order valence-electron chi connectivity index (χ3n) is 4.69. The van der Waals surface area contributed by atoms with Gasteiger partial charge >= 0.3 is 0 Å². The lowest BCUT2D eigenvalue weighted by Gasteiger charge is -2.14. The number of nitrogens with zero attached hydrogens (tertiary/aromatic N) is 3. The van der Waals surface area contributed by atoms with Crippen LogP contribution in [0.3, 0.4) is 0 Å². The predicted octanol–water partition coefficient (Wildman–Crippen LogP) is 2.89. The molecule has 0 spiro atoms. The van der Waals surface area contributed by atoms with Crippen molar-refractivity contribution in [2.45, 2.75) is 39.7 Å². The Morgan fingerprint density at radius 1 is 1.19 bits per heavy atom. The molecule has 2 N–H and O–H groups in total. The van der Waals surface area contributed by atoms with E-state index in [-0.39, 0.29) is 0 Å². The van der Waals surface area contributed by atoms with E-state index in [1.54, 1.807) is 7.05 Å². The second-order valence-electron chi connectivity index (χ2n) is 6.47. The molecule has 1 aliphatic rings. The van der Waals surface area contributed by atoms with Crippen molar-refractivity contribution >= 4 is 11.6 Å². The van der Waals surface area contributed by atoms with E-state index in [9.17, 15) is 0 Å². The summed E-state index contributed by atoms with van der Waals surface area (Å²) in [6.07, 6.45) is 2.76. The summed E-state index contributed by atoms with van der Waals surface area (Å²) in [6.45, 7) is 6.34. The zero-order valence-electron chi connectivity index (χ0n) is 16.6. The van der Waals surface area contributed by atoms with E-state index in [4.69, 9.17) is 9.47 Å². The van der Waals surface area contributed by atoms with Crippen LogP contribution in [-0.2, 0) is 26.4 Å². The largest absolute Gasteiger partial charge is 0.490 e. The SMILES string of the molecule is CCc1nn(C)c(CC)c1CNC(=NC)Nc1ccc2c(c1)OCCCO2. The molecule has 146 valence electrons. The molecule has 0 saturated carbocycles. The van der Waals surface area contributed by atoms with Crippen molar-refractivity contribution in [2.24, 2.45) is 12.0 Å². The van der Waals surface area contributed by atoms with Crippen molar-refractivity contribution < 1.29 is 9.47 Å². The first-order valence-electron chi connectivity index (χ1n) is 9.57. The van der Waals surface area contributed by atoms with Crippen LogP contribution in [0.1, 0.15) is 37.2 Å². The molecule has 0 amide bonds. The van der Waals surface area contributed by atoms with Crippen molar-refractivity contribution in [1.29, 1.82) is 0 Å². The molecule has 1 aliphatic heterocycles. The normalized spacial score (nSPS) is 14.0. The second kappa shape index (κ2) is 8.79. The van der Waals surface area contributed by atoms with Crippen LogP contribution < -0.4 is 20.1 Å². The molecule has 1 aromatic heterocycles. The Labute approximate surface area is 160 Å². The third-order valence-corrected chi connectivity index (χ3v) is 4.69. The first kappa shape index (κ1) is 19.1. The minimum Gasteiger partial charge on any atom is -0.490 e. The quantitative estimate of drug-likeness (QED) is 0.625. The highest BCUT2D eigenvalue weighted by Crippen LogP contribution is 2.32. The molecule has 0 fully saturated rings. The van der Waals surface area contributed by atoms with Crippen LogP contribution in [0.4, 0.5) is 5.69 Å². The number of nitrogens with one attached hydrogen (secondary N) is 2. The summed E-state index contributed by atoms with van der Waals surface area (Å²) >= 11 is 0. The zero-order chi connectivity index (χ0) is 19.2. The average molecular weight is 371 g/mol. The Morgan fingerprint density at radius 3 is 2.67 bits per heavy atom. The van der Waals surface area contributed by atoms with Gasteiger partial charge in [0.2, 0.25) is 0 Å². The lowest BCUT2D eigenvalue weighted by atomic mass is 10.1. The Kier molecular flexibility index (Phi) is 6.21. The first-order valence-corrected chi connectivity index (χ1v) is 9.57. The van der Waals surface area contributed by atoms with Gasteiger partial charge in [-0.2, -0.15) is 5.10 Å². The van der Waals surface area contributed by atoms with Gasteiger partial charge < -0.3 is 20.1 Å². The highest BCUT2D eigenvalue weighted by Gasteiger charge is 2.15. The van der Waals surface area contributed by atoms with Crippen LogP contribution >= 0.6 is 0 Å². The van der Waals surface area contributed by atoms with Gasteiger partial charge in [0.05, 0.1) is 18.9 Å². The Balaban J connectivity index is 1.70. The molecule has 3 rings (SSSR count). The van der Waals surface area contributed by atoms with Gasteiger partial charge in [0, 0.05) is 50.1 Å². The van der Waals surface area contributed by atoms with E-state index in [0.29, 0.717) is 25.7 Å². The fourth-order valence-corrected chi connectivity index (χ4v) is 3.32. The first-order chi connectivity index (χ1) is 13.2. The van der Waals surface area contributed by atoms with E-state index >= 15 is 0 Å². The van der Waals surface area contributed by atoms with Crippen LogP contribution in [0, 0.1) is 0 Å². The molecule has 0 aliphatic carbocycles. The van der Waals surface area contributed by atoms with Crippen molar-refractivity contribution in [3.63, 3.8) is 0 Å². The number of aromatic nitrogens is 2. The maximum Gasteiger partial charge on any atom is 0.195 e. The van der Waals surface area contributed by atoms with Gasteiger partial charge in [-0.15, -0.1) is 0 Å². The van der Waals surface area contributed by atoms with Crippen LogP contribution in [0.5, 0.6) is 11.5 Å². The van der Waals surface area contributed by atoms with Gasteiger partial charge in [0.15, 0.2) is 17.5 Å². The number of ether oxygens (including phenoxy) is 2. The molecule has 0 bridgehead atoms. The predicted molar refractivity (Wildman–Crippen MR) is 108 cm³/mol. The number of rotatable bonds is 5. The number of hydrogen-bond donors (Lipinski definition) is 2. The number of hydrogen-bond acceptors (Lipinski definition) is 4. The van der Waals surface area contributed by atoms with Gasteiger partial charge in [-0.1, -0.05) is 13.8 Å². The Hall–Kier alpha value is -2.70. The van der Waals surface area contributed by atoms with Crippen molar-refractivity contribution in [1.82, 2.24) is 15.1 Å².